The van der Waals surface area contributed by atoms with Gasteiger partial charge in [-0.1, -0.05) is 0 Å². The van der Waals surface area contributed by atoms with E-state index >= 15 is 0 Å². The van der Waals surface area contributed by atoms with Gasteiger partial charge in [0.05, 0.1) is 18.3 Å². The van der Waals surface area contributed by atoms with E-state index in [0.29, 0.717) is 32.1 Å². The highest BCUT2D eigenvalue weighted by atomic mass is 16.3. The molecule has 0 bridgehead atoms. The minimum absolute atomic E-state index is 0.0104. The average molecular weight is 266 g/mol. The van der Waals surface area contributed by atoms with E-state index in [1.165, 1.54) is 0 Å². The molecule has 0 unspecified atom stereocenters. The summed E-state index contributed by atoms with van der Waals surface area (Å²) in [5.74, 6) is -0.0443. The van der Waals surface area contributed by atoms with Crippen LogP contribution in [0, 0.1) is 5.92 Å². The van der Waals surface area contributed by atoms with E-state index < -0.39 is 18.3 Å². The SMILES string of the molecule is OC1CC(O)CC(O)C1.OCCCC(CO)CO. The van der Waals surface area contributed by atoms with Gasteiger partial charge in [0.25, 0.3) is 0 Å². The van der Waals surface area contributed by atoms with E-state index in [1.54, 1.807) is 0 Å². The van der Waals surface area contributed by atoms with Crippen LogP contribution in [0.2, 0.25) is 0 Å². The van der Waals surface area contributed by atoms with E-state index in [2.05, 4.69) is 0 Å². The van der Waals surface area contributed by atoms with Crippen molar-refractivity contribution >= 4 is 0 Å². The van der Waals surface area contributed by atoms with Gasteiger partial charge in [0, 0.05) is 25.7 Å². The van der Waals surface area contributed by atoms with Crippen molar-refractivity contribution in [3.8, 4) is 0 Å². The summed E-state index contributed by atoms with van der Waals surface area (Å²) < 4.78 is 0. The zero-order valence-corrected chi connectivity index (χ0v) is 10.6. The van der Waals surface area contributed by atoms with Crippen LogP contribution in [0.1, 0.15) is 32.1 Å². The standard InChI is InChI=1S/C6H12O3.C6H14O3/c7-4-1-5(8)3-6(9)2-4;7-3-1-2-6(4-8)5-9/h4-9H,1-3H2;6-9H,1-5H2. The average Bonchev–Trinajstić information content (AvgIpc) is 2.29. The van der Waals surface area contributed by atoms with E-state index in [-0.39, 0.29) is 25.7 Å². The van der Waals surface area contributed by atoms with Crippen LogP contribution in [0.15, 0.2) is 0 Å². The lowest BCUT2D eigenvalue weighted by molar-refractivity contribution is -0.0247. The molecule has 6 heteroatoms. The van der Waals surface area contributed by atoms with Gasteiger partial charge in [-0.2, -0.15) is 0 Å². The Morgan fingerprint density at radius 1 is 0.778 bits per heavy atom. The van der Waals surface area contributed by atoms with E-state index in [0.717, 1.165) is 0 Å². The summed E-state index contributed by atoms with van der Waals surface area (Å²) in [7, 11) is 0. The minimum Gasteiger partial charge on any atom is -0.396 e. The molecule has 0 amide bonds. The van der Waals surface area contributed by atoms with Crippen LogP contribution >= 0.6 is 0 Å². The van der Waals surface area contributed by atoms with Gasteiger partial charge in [-0.3, -0.25) is 0 Å². The van der Waals surface area contributed by atoms with Gasteiger partial charge in [-0.15, -0.1) is 0 Å². The van der Waals surface area contributed by atoms with Crippen molar-refractivity contribution in [2.75, 3.05) is 19.8 Å². The Labute approximate surface area is 108 Å². The summed E-state index contributed by atoms with van der Waals surface area (Å²) in [4.78, 5) is 0. The Morgan fingerprint density at radius 2 is 1.17 bits per heavy atom. The molecule has 0 aromatic heterocycles. The molecule has 0 radical (unpaired) electrons. The Bertz CT molecular complexity index is 160. The molecule has 1 fully saturated rings. The second kappa shape index (κ2) is 10.7. The fourth-order valence-electron chi connectivity index (χ4n) is 1.85. The molecule has 0 aliphatic heterocycles. The highest BCUT2D eigenvalue weighted by Crippen LogP contribution is 2.18. The number of aliphatic hydroxyl groups excluding tert-OH is 6. The second-order valence-electron chi connectivity index (χ2n) is 4.77. The molecule has 0 aromatic rings. The maximum absolute atomic E-state index is 8.93. The lowest BCUT2D eigenvalue weighted by atomic mass is 9.93. The largest absolute Gasteiger partial charge is 0.396 e. The lowest BCUT2D eigenvalue weighted by Gasteiger charge is -2.25. The molecule has 1 aliphatic rings. The molecule has 18 heavy (non-hydrogen) atoms. The van der Waals surface area contributed by atoms with Crippen LogP contribution in [0.4, 0.5) is 0 Å². The summed E-state index contributed by atoms with van der Waals surface area (Å²) in [5, 5.41) is 52.2. The van der Waals surface area contributed by atoms with Gasteiger partial charge in [0.2, 0.25) is 0 Å². The molecule has 6 nitrogen and oxygen atoms in total. The zero-order chi connectivity index (χ0) is 14.0. The molecular weight excluding hydrogens is 240 g/mol. The third-order valence-corrected chi connectivity index (χ3v) is 2.92. The number of hydrogen-bond donors (Lipinski definition) is 6. The van der Waals surface area contributed by atoms with E-state index in [4.69, 9.17) is 30.6 Å². The topological polar surface area (TPSA) is 121 Å². The van der Waals surface area contributed by atoms with Crippen molar-refractivity contribution in [2.24, 2.45) is 5.92 Å². The van der Waals surface area contributed by atoms with Crippen LogP contribution in [0.5, 0.6) is 0 Å². The van der Waals surface area contributed by atoms with Gasteiger partial charge in [-0.25, -0.2) is 0 Å². The third kappa shape index (κ3) is 8.79. The molecule has 1 aliphatic carbocycles. The molecule has 0 heterocycles. The molecule has 110 valence electrons. The molecule has 1 rings (SSSR count). The highest BCUT2D eigenvalue weighted by molar-refractivity contribution is 4.76. The van der Waals surface area contributed by atoms with Crippen molar-refractivity contribution in [1.29, 1.82) is 0 Å². The molecule has 6 N–H and O–H groups in total. The Kier molecular flexibility index (Phi) is 10.5. The first-order valence-corrected chi connectivity index (χ1v) is 6.40. The lowest BCUT2D eigenvalue weighted by Crippen LogP contribution is -2.32. The molecular formula is C12H26O6. The summed E-state index contributed by atoms with van der Waals surface area (Å²) in [6.07, 6.45) is 1.07. The van der Waals surface area contributed by atoms with Gasteiger partial charge in [0.15, 0.2) is 0 Å². The predicted molar refractivity (Wildman–Crippen MR) is 65.9 cm³/mol. The summed E-state index contributed by atoms with van der Waals surface area (Å²) in [5.41, 5.74) is 0. The number of hydrogen-bond acceptors (Lipinski definition) is 6. The van der Waals surface area contributed by atoms with Crippen molar-refractivity contribution in [1.82, 2.24) is 0 Å². The second-order valence-corrected chi connectivity index (χ2v) is 4.77. The first-order valence-electron chi connectivity index (χ1n) is 6.40. The first kappa shape index (κ1) is 17.8. The van der Waals surface area contributed by atoms with Gasteiger partial charge in [-0.05, 0) is 32.1 Å². The summed E-state index contributed by atoms with van der Waals surface area (Å²) >= 11 is 0. The van der Waals surface area contributed by atoms with Gasteiger partial charge in [0.1, 0.15) is 0 Å². The Balaban J connectivity index is 0.000000321. The van der Waals surface area contributed by atoms with E-state index in [1.807, 2.05) is 0 Å². The van der Waals surface area contributed by atoms with Crippen molar-refractivity contribution in [3.63, 3.8) is 0 Å². The van der Waals surface area contributed by atoms with Crippen molar-refractivity contribution in [2.45, 2.75) is 50.4 Å². The fraction of sp³-hybridized carbons (Fsp3) is 1.00. The van der Waals surface area contributed by atoms with Crippen LogP contribution in [0.25, 0.3) is 0 Å². The van der Waals surface area contributed by atoms with Gasteiger partial charge >= 0.3 is 0 Å². The van der Waals surface area contributed by atoms with Crippen LogP contribution in [0.3, 0.4) is 0 Å². The van der Waals surface area contributed by atoms with Crippen molar-refractivity contribution in [3.05, 3.63) is 0 Å². The summed E-state index contributed by atoms with van der Waals surface area (Å²) in [6.45, 7) is 0.156. The first-order chi connectivity index (χ1) is 8.53. The van der Waals surface area contributed by atoms with Crippen molar-refractivity contribution < 1.29 is 30.6 Å². The fourth-order valence-corrected chi connectivity index (χ4v) is 1.85. The predicted octanol–water partition coefficient (Wildman–Crippen LogP) is -1.39. The smallest absolute Gasteiger partial charge is 0.0589 e. The normalized spacial score (nSPS) is 27.8. The monoisotopic (exact) mass is 266 g/mol. The van der Waals surface area contributed by atoms with Crippen LogP contribution < -0.4 is 0 Å². The molecule has 0 saturated heterocycles. The summed E-state index contributed by atoms with van der Waals surface area (Å²) in [6, 6.07) is 0. The minimum atomic E-state index is -0.510. The third-order valence-electron chi connectivity index (χ3n) is 2.92. The van der Waals surface area contributed by atoms with Crippen LogP contribution in [-0.4, -0.2) is 68.8 Å². The molecule has 1 saturated carbocycles. The maximum Gasteiger partial charge on any atom is 0.0589 e. The maximum atomic E-state index is 8.93. The zero-order valence-electron chi connectivity index (χ0n) is 10.6. The highest BCUT2D eigenvalue weighted by Gasteiger charge is 2.24. The number of rotatable bonds is 5. The molecule has 0 atom stereocenters. The van der Waals surface area contributed by atoms with E-state index in [9.17, 15) is 0 Å². The molecule has 0 spiro atoms. The Hall–Kier alpha value is -0.240. The molecule has 0 aromatic carbocycles. The van der Waals surface area contributed by atoms with Gasteiger partial charge < -0.3 is 30.6 Å². The number of aliphatic hydroxyl groups is 6. The van der Waals surface area contributed by atoms with Crippen LogP contribution in [-0.2, 0) is 0 Å². The quantitative estimate of drug-likeness (QED) is 0.364. The Morgan fingerprint density at radius 3 is 1.44 bits per heavy atom.